The Morgan fingerprint density at radius 1 is 1.43 bits per heavy atom. The molecule has 0 radical (unpaired) electrons. The Labute approximate surface area is 133 Å². The highest BCUT2D eigenvalue weighted by Crippen LogP contribution is 2.30. The van der Waals surface area contributed by atoms with Gasteiger partial charge in [-0.2, -0.15) is 5.10 Å². The van der Waals surface area contributed by atoms with Crippen molar-refractivity contribution in [3.63, 3.8) is 0 Å². The van der Waals surface area contributed by atoms with Gasteiger partial charge in [0, 0.05) is 6.07 Å². The van der Waals surface area contributed by atoms with Crippen LogP contribution >= 0.6 is 22.6 Å². The SMILES string of the molecule is CC(C)c1c(I)c(C(=O)O)nn1-c1ccccc1[N+](=O)[O-]. The third-order valence-corrected chi connectivity index (χ3v) is 3.98. The zero-order chi connectivity index (χ0) is 15.7. The van der Waals surface area contributed by atoms with Crippen molar-refractivity contribution in [2.45, 2.75) is 19.8 Å². The lowest BCUT2D eigenvalue weighted by Crippen LogP contribution is -2.07. The molecule has 0 saturated heterocycles. The summed E-state index contributed by atoms with van der Waals surface area (Å²) in [4.78, 5) is 21.9. The van der Waals surface area contributed by atoms with E-state index < -0.39 is 10.9 Å². The molecule has 0 spiro atoms. The number of aromatic carboxylic acids is 1. The van der Waals surface area contributed by atoms with Gasteiger partial charge in [0.1, 0.15) is 5.69 Å². The van der Waals surface area contributed by atoms with Gasteiger partial charge < -0.3 is 5.11 Å². The van der Waals surface area contributed by atoms with E-state index in [9.17, 15) is 20.0 Å². The van der Waals surface area contributed by atoms with Crippen LogP contribution in [0.15, 0.2) is 24.3 Å². The molecule has 110 valence electrons. The van der Waals surface area contributed by atoms with E-state index in [1.807, 2.05) is 36.4 Å². The number of aromatic nitrogens is 2. The molecule has 0 aliphatic heterocycles. The van der Waals surface area contributed by atoms with Gasteiger partial charge in [-0.05, 0) is 34.6 Å². The molecule has 0 bridgehead atoms. The summed E-state index contributed by atoms with van der Waals surface area (Å²) in [7, 11) is 0. The van der Waals surface area contributed by atoms with Crippen LogP contribution in [-0.4, -0.2) is 25.8 Å². The van der Waals surface area contributed by atoms with E-state index in [4.69, 9.17) is 0 Å². The van der Waals surface area contributed by atoms with Gasteiger partial charge in [-0.1, -0.05) is 26.0 Å². The molecular formula is C13H12IN3O4. The molecule has 8 heteroatoms. The fourth-order valence-electron chi connectivity index (χ4n) is 2.03. The summed E-state index contributed by atoms with van der Waals surface area (Å²) in [6.07, 6.45) is 0. The van der Waals surface area contributed by atoms with Crippen LogP contribution in [0, 0.1) is 13.7 Å². The molecule has 0 saturated carbocycles. The molecule has 21 heavy (non-hydrogen) atoms. The molecule has 2 rings (SSSR count). The van der Waals surface area contributed by atoms with Crippen LogP contribution in [0.25, 0.3) is 5.69 Å². The Balaban J connectivity index is 2.78. The van der Waals surface area contributed by atoms with Gasteiger partial charge in [0.05, 0.1) is 14.2 Å². The summed E-state index contributed by atoms with van der Waals surface area (Å²) < 4.78 is 1.85. The van der Waals surface area contributed by atoms with Crippen molar-refractivity contribution in [1.82, 2.24) is 9.78 Å². The van der Waals surface area contributed by atoms with Crippen molar-refractivity contribution in [2.24, 2.45) is 0 Å². The Hall–Kier alpha value is -1.97. The van der Waals surface area contributed by atoms with Gasteiger partial charge in [-0.3, -0.25) is 10.1 Å². The number of nitro benzene ring substituents is 1. The van der Waals surface area contributed by atoms with Gasteiger partial charge in [-0.15, -0.1) is 0 Å². The maximum absolute atomic E-state index is 11.2. The Kier molecular flexibility index (Phi) is 4.26. The number of hydrogen-bond donors (Lipinski definition) is 1. The van der Waals surface area contributed by atoms with Crippen LogP contribution in [0.1, 0.15) is 35.9 Å². The van der Waals surface area contributed by atoms with E-state index in [1.54, 1.807) is 18.2 Å². The minimum atomic E-state index is -1.15. The van der Waals surface area contributed by atoms with Crippen LogP contribution in [0.3, 0.4) is 0 Å². The standard InChI is InChI=1S/C13H12IN3O4/c1-7(2)12-10(14)11(13(18)19)15-16(12)8-5-3-4-6-9(8)17(20)21/h3-7H,1-2H3,(H,18,19). The first kappa shape index (κ1) is 15.4. The van der Waals surface area contributed by atoms with Crippen LogP contribution in [0.4, 0.5) is 5.69 Å². The average Bonchev–Trinajstić information content (AvgIpc) is 2.76. The smallest absolute Gasteiger partial charge is 0.357 e. The third kappa shape index (κ3) is 2.75. The molecule has 0 aliphatic carbocycles. The number of carboxylic acids is 1. The number of halogens is 1. The number of nitrogens with zero attached hydrogens (tertiary/aromatic N) is 3. The first-order valence-electron chi connectivity index (χ1n) is 6.10. The number of hydrogen-bond acceptors (Lipinski definition) is 4. The number of para-hydroxylation sites is 2. The fraction of sp³-hybridized carbons (Fsp3) is 0.231. The minimum Gasteiger partial charge on any atom is -0.476 e. The van der Waals surface area contributed by atoms with Gasteiger partial charge in [-0.25, -0.2) is 9.48 Å². The van der Waals surface area contributed by atoms with E-state index in [2.05, 4.69) is 5.10 Å². The second-order valence-corrected chi connectivity index (χ2v) is 5.74. The lowest BCUT2D eigenvalue weighted by atomic mass is 10.1. The highest BCUT2D eigenvalue weighted by atomic mass is 127. The molecule has 0 fully saturated rings. The normalized spacial score (nSPS) is 10.9. The summed E-state index contributed by atoms with van der Waals surface area (Å²) >= 11 is 1.91. The van der Waals surface area contributed by atoms with E-state index in [0.29, 0.717) is 9.26 Å². The number of rotatable bonds is 4. The first-order valence-corrected chi connectivity index (χ1v) is 7.18. The van der Waals surface area contributed by atoms with E-state index in [1.165, 1.54) is 10.7 Å². The van der Waals surface area contributed by atoms with E-state index in [-0.39, 0.29) is 23.0 Å². The Morgan fingerprint density at radius 2 is 2.05 bits per heavy atom. The number of carbonyl (C=O) groups is 1. The second-order valence-electron chi connectivity index (χ2n) is 4.67. The average molecular weight is 401 g/mol. The third-order valence-electron chi connectivity index (χ3n) is 2.92. The van der Waals surface area contributed by atoms with Crippen molar-refractivity contribution in [3.8, 4) is 5.69 Å². The fourth-order valence-corrected chi connectivity index (χ4v) is 3.22. The van der Waals surface area contributed by atoms with Crippen LogP contribution in [0.2, 0.25) is 0 Å². The zero-order valence-corrected chi connectivity index (χ0v) is 13.4. The van der Waals surface area contributed by atoms with Crippen LogP contribution in [-0.2, 0) is 0 Å². The quantitative estimate of drug-likeness (QED) is 0.482. The van der Waals surface area contributed by atoms with Crippen molar-refractivity contribution in [3.05, 3.63) is 49.3 Å². The Morgan fingerprint density at radius 3 is 2.57 bits per heavy atom. The van der Waals surface area contributed by atoms with Crippen LogP contribution < -0.4 is 0 Å². The summed E-state index contributed by atoms with van der Waals surface area (Å²) in [5.74, 6) is -1.18. The molecule has 0 aliphatic rings. The van der Waals surface area contributed by atoms with Crippen molar-refractivity contribution < 1.29 is 14.8 Å². The minimum absolute atomic E-state index is 0.0303. The molecule has 2 aromatic rings. The van der Waals surface area contributed by atoms with Crippen molar-refractivity contribution in [1.29, 1.82) is 0 Å². The highest BCUT2D eigenvalue weighted by Gasteiger charge is 2.26. The second kappa shape index (κ2) is 5.80. The van der Waals surface area contributed by atoms with Gasteiger partial charge in [0.25, 0.3) is 5.69 Å². The van der Waals surface area contributed by atoms with Crippen molar-refractivity contribution >= 4 is 34.2 Å². The predicted molar refractivity (Wildman–Crippen MR) is 84.0 cm³/mol. The molecule has 0 unspecified atom stereocenters. The monoisotopic (exact) mass is 401 g/mol. The number of nitro groups is 1. The largest absolute Gasteiger partial charge is 0.476 e. The molecule has 1 aromatic carbocycles. The first-order chi connectivity index (χ1) is 9.84. The molecule has 7 nitrogen and oxygen atoms in total. The topological polar surface area (TPSA) is 98.3 Å². The predicted octanol–water partition coefficient (Wildman–Crippen LogP) is 3.21. The summed E-state index contributed by atoms with van der Waals surface area (Å²) in [5, 5.41) is 24.4. The molecule has 0 atom stereocenters. The summed E-state index contributed by atoms with van der Waals surface area (Å²) in [6.45, 7) is 3.77. The highest BCUT2D eigenvalue weighted by molar-refractivity contribution is 14.1. The molecule has 0 amide bonds. The lowest BCUT2D eigenvalue weighted by molar-refractivity contribution is -0.384. The zero-order valence-electron chi connectivity index (χ0n) is 11.3. The molecule has 1 N–H and O–H groups in total. The molecule has 1 heterocycles. The molecule has 1 aromatic heterocycles. The van der Waals surface area contributed by atoms with Crippen molar-refractivity contribution in [2.75, 3.05) is 0 Å². The van der Waals surface area contributed by atoms with Gasteiger partial charge in [0.15, 0.2) is 5.69 Å². The lowest BCUT2D eigenvalue weighted by Gasteiger charge is -2.10. The van der Waals surface area contributed by atoms with E-state index >= 15 is 0 Å². The summed E-state index contributed by atoms with van der Waals surface area (Å²) in [6, 6.07) is 6.14. The Bertz CT molecular complexity index is 724. The van der Waals surface area contributed by atoms with Gasteiger partial charge in [0.2, 0.25) is 0 Å². The maximum atomic E-state index is 11.2. The number of benzene rings is 1. The maximum Gasteiger partial charge on any atom is 0.357 e. The van der Waals surface area contributed by atoms with Crippen LogP contribution in [0.5, 0.6) is 0 Å². The summed E-state index contributed by atoms with van der Waals surface area (Å²) in [5.41, 5.74) is 0.687. The molecular weight excluding hydrogens is 389 g/mol. The number of carboxylic acid groups (broad SMARTS) is 1. The van der Waals surface area contributed by atoms with Gasteiger partial charge >= 0.3 is 5.97 Å². The van der Waals surface area contributed by atoms with E-state index in [0.717, 1.165) is 0 Å².